The average molecular weight is 237 g/mol. The molecule has 0 aliphatic rings. The summed E-state index contributed by atoms with van der Waals surface area (Å²) in [5, 5.41) is 0. The van der Waals surface area contributed by atoms with Crippen LogP contribution in [0.1, 0.15) is 0 Å². The second-order valence-corrected chi connectivity index (χ2v) is 3.87. The summed E-state index contributed by atoms with van der Waals surface area (Å²) in [5.41, 5.74) is 0. The van der Waals surface area contributed by atoms with Crippen molar-refractivity contribution in [3.05, 3.63) is 0 Å². The monoisotopic (exact) mass is 236 g/mol. The van der Waals surface area contributed by atoms with Crippen LogP contribution in [0.25, 0.3) is 0 Å². The van der Waals surface area contributed by atoms with Gasteiger partial charge in [0.1, 0.15) is 0 Å². The number of hydrogen-bond donors (Lipinski definition) is 3. The van der Waals surface area contributed by atoms with Crippen LogP contribution in [0.3, 0.4) is 0 Å². The predicted molar refractivity (Wildman–Crippen MR) is 22.6 cm³/mol. The van der Waals surface area contributed by atoms with Crippen LogP contribution in [0.4, 0.5) is 0 Å². The fourth-order valence-electron chi connectivity index (χ4n) is 0. The minimum atomic E-state index is -3.79. The third-order valence-electron chi connectivity index (χ3n) is 0. The van der Waals surface area contributed by atoms with E-state index in [4.69, 9.17) is 13.7 Å². The van der Waals surface area contributed by atoms with Gasteiger partial charge in [-0.2, -0.15) is 8.42 Å². The van der Waals surface area contributed by atoms with Crippen LogP contribution in [0, 0.1) is 0 Å². The standard InChI is InChI=1S/CH4O3S.2H2O.O.Zr/c1-5(2,3)4;;;;/h1H3,(H,2,3,4);2*1H2;;/q;;;;+2/p-2. The molecule has 8 heteroatoms. The van der Waals surface area contributed by atoms with Crippen LogP contribution >= 0.6 is 0 Å². The quantitative estimate of drug-likeness (QED) is 0.432. The SMILES string of the molecule is CS(=O)(=O)O.[O]=[Zr]([OH])[OH]. The van der Waals surface area contributed by atoms with Crippen molar-refractivity contribution in [1.82, 2.24) is 0 Å². The molecule has 0 aliphatic heterocycles. The Balaban J connectivity index is 0. The molecule has 56 valence electrons. The van der Waals surface area contributed by atoms with Crippen molar-refractivity contribution in [3.8, 4) is 0 Å². The fourth-order valence-corrected chi connectivity index (χ4v) is 0. The van der Waals surface area contributed by atoms with Crippen LogP contribution in [-0.4, -0.2) is 25.6 Å². The van der Waals surface area contributed by atoms with Gasteiger partial charge in [-0.05, 0) is 0 Å². The molecule has 0 atom stereocenters. The first-order chi connectivity index (χ1) is 3.73. The van der Waals surface area contributed by atoms with E-state index in [9.17, 15) is 8.42 Å². The van der Waals surface area contributed by atoms with E-state index in [0.717, 1.165) is 0 Å². The van der Waals surface area contributed by atoms with Crippen LogP contribution in [0.15, 0.2) is 0 Å². The Morgan fingerprint density at radius 1 is 1.33 bits per heavy atom. The first-order valence-electron chi connectivity index (χ1n) is 1.58. The minimum absolute atomic E-state index is 0.715. The zero-order chi connectivity index (χ0) is 8.08. The molecule has 0 unspecified atom stereocenters. The Kier molecular flexibility index (Phi) is 7.21. The molecule has 0 heterocycles. The molecule has 0 spiro atoms. The van der Waals surface area contributed by atoms with Crippen molar-refractivity contribution >= 4 is 10.1 Å². The normalized spacial score (nSPS) is 9.33. The summed E-state index contributed by atoms with van der Waals surface area (Å²) in [5.74, 6) is 0. The first kappa shape index (κ1) is 12.2. The Bertz CT molecular complexity index is 155. The summed E-state index contributed by atoms with van der Waals surface area (Å²) >= 11 is -3.79. The van der Waals surface area contributed by atoms with E-state index in [1.807, 2.05) is 0 Å². The maximum atomic E-state index is 9.19. The van der Waals surface area contributed by atoms with Crippen molar-refractivity contribution in [2.45, 2.75) is 0 Å². The van der Waals surface area contributed by atoms with E-state index in [-0.39, 0.29) is 0 Å². The van der Waals surface area contributed by atoms with Crippen molar-refractivity contribution in [1.29, 1.82) is 0 Å². The van der Waals surface area contributed by atoms with Crippen LogP contribution in [-0.2, 0) is 35.6 Å². The Morgan fingerprint density at radius 2 is 1.33 bits per heavy atom. The molecule has 0 aromatic heterocycles. The van der Waals surface area contributed by atoms with Gasteiger partial charge in [0.05, 0.1) is 6.26 Å². The number of rotatable bonds is 0. The zero-order valence-corrected chi connectivity index (χ0v) is 7.75. The molecule has 0 radical (unpaired) electrons. The van der Waals surface area contributed by atoms with Crippen LogP contribution in [0.2, 0.25) is 0 Å². The van der Waals surface area contributed by atoms with E-state index < -0.39 is 32.8 Å². The van der Waals surface area contributed by atoms with E-state index in [1.165, 1.54) is 0 Å². The van der Waals surface area contributed by atoms with Crippen molar-refractivity contribution in [3.63, 3.8) is 0 Å². The van der Waals surface area contributed by atoms with E-state index in [0.29, 0.717) is 6.26 Å². The van der Waals surface area contributed by atoms with Crippen LogP contribution < -0.4 is 0 Å². The molecule has 0 aliphatic carbocycles. The second-order valence-electron chi connectivity index (χ2n) is 1.02. The maximum absolute atomic E-state index is 9.19. The van der Waals surface area contributed by atoms with Gasteiger partial charge in [-0.3, -0.25) is 4.55 Å². The molecular formula is CH6O6SZr. The van der Waals surface area contributed by atoms with Gasteiger partial charge in [-0.15, -0.1) is 0 Å². The first-order valence-corrected chi connectivity index (χ1v) is 6.63. The summed E-state index contributed by atoms with van der Waals surface area (Å²) in [4.78, 5) is 0. The molecule has 0 fully saturated rings. The fraction of sp³-hybridized carbons (Fsp3) is 1.00. The van der Waals surface area contributed by atoms with Gasteiger partial charge in [-0.25, -0.2) is 0 Å². The predicted octanol–water partition coefficient (Wildman–Crippen LogP) is -1.73. The molecule has 9 heavy (non-hydrogen) atoms. The van der Waals surface area contributed by atoms with Gasteiger partial charge < -0.3 is 0 Å². The third-order valence-corrected chi connectivity index (χ3v) is 0. The van der Waals surface area contributed by atoms with Crippen molar-refractivity contribution in [2.75, 3.05) is 6.26 Å². The molecule has 0 bridgehead atoms. The summed E-state index contributed by atoms with van der Waals surface area (Å²) in [6.45, 7) is 0. The third kappa shape index (κ3) is 1370. The Hall–Kier alpha value is 0.513. The molecular weight excluding hydrogens is 231 g/mol. The van der Waals surface area contributed by atoms with Gasteiger partial charge in [0.25, 0.3) is 10.1 Å². The molecule has 0 rings (SSSR count). The molecule has 0 aromatic carbocycles. The van der Waals surface area contributed by atoms with Gasteiger partial charge in [0.15, 0.2) is 0 Å². The van der Waals surface area contributed by atoms with Gasteiger partial charge in [-0.1, -0.05) is 0 Å². The summed E-state index contributed by atoms with van der Waals surface area (Å²) in [6.07, 6.45) is 0.715. The molecule has 0 aromatic rings. The molecule has 3 N–H and O–H groups in total. The van der Waals surface area contributed by atoms with E-state index in [1.54, 1.807) is 0 Å². The summed E-state index contributed by atoms with van der Waals surface area (Å²) < 4.78 is 49.2. The van der Waals surface area contributed by atoms with Gasteiger partial charge in [0, 0.05) is 0 Å². The second kappa shape index (κ2) is 5.31. The van der Waals surface area contributed by atoms with E-state index in [2.05, 4.69) is 0 Å². The Labute approximate surface area is 61.2 Å². The average Bonchev–Trinajstić information content (AvgIpc) is 1.19. The van der Waals surface area contributed by atoms with Gasteiger partial charge >= 0.3 is 31.8 Å². The Morgan fingerprint density at radius 3 is 1.33 bits per heavy atom. The van der Waals surface area contributed by atoms with Gasteiger partial charge in [0.2, 0.25) is 0 Å². The summed E-state index contributed by atoms with van der Waals surface area (Å²) in [6, 6.07) is 0. The summed E-state index contributed by atoms with van der Waals surface area (Å²) in [7, 11) is -3.67. The van der Waals surface area contributed by atoms with E-state index >= 15 is 0 Å². The molecule has 0 saturated carbocycles. The number of hydrogen-bond acceptors (Lipinski definition) is 3. The molecule has 0 saturated heterocycles. The molecule has 0 amide bonds. The van der Waals surface area contributed by atoms with Crippen molar-refractivity contribution in [2.24, 2.45) is 0 Å². The molecule has 6 nitrogen and oxygen atoms in total. The van der Waals surface area contributed by atoms with Crippen molar-refractivity contribution < 1.29 is 44.8 Å². The van der Waals surface area contributed by atoms with Crippen LogP contribution in [0.5, 0.6) is 0 Å². The topological polar surface area (TPSA) is 112 Å². The zero-order valence-electron chi connectivity index (χ0n) is 4.47.